The van der Waals surface area contributed by atoms with Crippen LogP contribution in [-0.4, -0.2) is 40.3 Å². The highest BCUT2D eigenvalue weighted by Crippen LogP contribution is 2.31. The van der Waals surface area contributed by atoms with Crippen molar-refractivity contribution in [2.75, 3.05) is 41.4 Å². The highest BCUT2D eigenvalue weighted by Gasteiger charge is 2.20. The van der Waals surface area contributed by atoms with E-state index in [9.17, 15) is 4.21 Å². The van der Waals surface area contributed by atoms with Crippen LogP contribution in [0.4, 0.5) is 11.6 Å². The number of halogens is 2. The van der Waals surface area contributed by atoms with Gasteiger partial charge < -0.3 is 10.2 Å². The van der Waals surface area contributed by atoms with Crippen molar-refractivity contribution >= 4 is 45.6 Å². The highest BCUT2D eigenvalue weighted by atomic mass is 35.5. The third-order valence-electron chi connectivity index (χ3n) is 2.93. The van der Waals surface area contributed by atoms with Gasteiger partial charge in [0.2, 0.25) is 0 Å². The van der Waals surface area contributed by atoms with Crippen LogP contribution < -0.4 is 10.2 Å². The van der Waals surface area contributed by atoms with E-state index in [2.05, 4.69) is 22.1 Å². The number of anilines is 2. The Kier molecular flexibility index (Phi) is 5.30. The van der Waals surface area contributed by atoms with Crippen molar-refractivity contribution in [3.63, 3.8) is 0 Å². The van der Waals surface area contributed by atoms with Gasteiger partial charge in [-0.1, -0.05) is 30.1 Å². The third kappa shape index (κ3) is 3.74. The van der Waals surface area contributed by atoms with Crippen LogP contribution in [0.1, 0.15) is 13.3 Å². The van der Waals surface area contributed by atoms with E-state index in [-0.39, 0.29) is 0 Å². The Hall–Kier alpha value is -0.520. The van der Waals surface area contributed by atoms with Crippen LogP contribution in [0.25, 0.3) is 0 Å². The van der Waals surface area contributed by atoms with Gasteiger partial charge in [0.1, 0.15) is 11.6 Å². The van der Waals surface area contributed by atoms with E-state index >= 15 is 0 Å². The first-order valence-electron chi connectivity index (χ1n) is 6.31. The topological polar surface area (TPSA) is 45.2 Å². The lowest BCUT2D eigenvalue weighted by Gasteiger charge is -2.28. The number of hydrogen-bond donors (Lipinski definition) is 1. The smallest absolute Gasteiger partial charge is 0.150 e. The van der Waals surface area contributed by atoms with Gasteiger partial charge in [-0.3, -0.25) is 4.21 Å². The maximum absolute atomic E-state index is 11.4. The van der Waals surface area contributed by atoms with Crippen LogP contribution >= 0.6 is 23.2 Å². The van der Waals surface area contributed by atoms with Crippen LogP contribution in [0.5, 0.6) is 0 Å². The fourth-order valence-corrected chi connectivity index (χ4v) is 3.49. The largest absolute Gasteiger partial charge is 0.369 e. The van der Waals surface area contributed by atoms with Gasteiger partial charge in [0.15, 0.2) is 0 Å². The molecule has 0 spiro atoms. The zero-order valence-corrected chi connectivity index (χ0v) is 13.1. The van der Waals surface area contributed by atoms with E-state index in [0.717, 1.165) is 18.8 Å². The molecule has 0 unspecified atom stereocenters. The molecule has 4 nitrogen and oxygen atoms in total. The zero-order chi connectivity index (χ0) is 13.8. The van der Waals surface area contributed by atoms with E-state index in [0.29, 0.717) is 40.5 Å². The Labute approximate surface area is 125 Å². The minimum absolute atomic E-state index is 0.530. The molecule has 1 N–H and O–H groups in total. The first kappa shape index (κ1) is 14.9. The van der Waals surface area contributed by atoms with Crippen molar-refractivity contribution in [1.82, 2.24) is 4.98 Å². The second-order valence-corrected chi connectivity index (χ2v) is 6.90. The maximum Gasteiger partial charge on any atom is 0.150 e. The summed E-state index contributed by atoms with van der Waals surface area (Å²) >= 11 is 12.3. The zero-order valence-electron chi connectivity index (χ0n) is 10.8. The Bertz CT molecular complexity index is 474. The first-order valence-corrected chi connectivity index (χ1v) is 8.56. The second kappa shape index (κ2) is 6.77. The Morgan fingerprint density at radius 1 is 1.37 bits per heavy atom. The van der Waals surface area contributed by atoms with E-state index < -0.39 is 10.8 Å². The number of nitrogens with one attached hydrogen (secondary N) is 1. The van der Waals surface area contributed by atoms with Crippen molar-refractivity contribution in [2.24, 2.45) is 0 Å². The van der Waals surface area contributed by atoms with Gasteiger partial charge in [0, 0.05) is 41.9 Å². The quantitative estimate of drug-likeness (QED) is 0.926. The third-order valence-corrected chi connectivity index (χ3v) is 4.77. The molecule has 1 aliphatic heterocycles. The van der Waals surface area contributed by atoms with Gasteiger partial charge >= 0.3 is 0 Å². The molecule has 1 aliphatic rings. The normalized spacial score (nSPS) is 16.7. The van der Waals surface area contributed by atoms with Gasteiger partial charge in [0.25, 0.3) is 0 Å². The fraction of sp³-hybridized carbons (Fsp3) is 0.583. The summed E-state index contributed by atoms with van der Waals surface area (Å²) in [5, 5.41) is 4.26. The van der Waals surface area contributed by atoms with Crippen LogP contribution in [0, 0.1) is 0 Å². The minimum atomic E-state index is -0.710. The van der Waals surface area contributed by atoms with E-state index in [4.69, 9.17) is 23.2 Å². The summed E-state index contributed by atoms with van der Waals surface area (Å²) in [6.45, 7) is 4.33. The van der Waals surface area contributed by atoms with Crippen LogP contribution in [-0.2, 0) is 10.8 Å². The Morgan fingerprint density at radius 3 is 2.68 bits per heavy atom. The molecule has 0 atom stereocenters. The predicted molar refractivity (Wildman–Crippen MR) is 83.1 cm³/mol. The minimum Gasteiger partial charge on any atom is -0.369 e. The van der Waals surface area contributed by atoms with Gasteiger partial charge in [-0.25, -0.2) is 4.98 Å². The van der Waals surface area contributed by atoms with Gasteiger partial charge in [-0.15, -0.1) is 0 Å². The SMILES string of the molecule is CCCNc1nc(N2CCS(=O)CC2)c(Cl)cc1Cl. The van der Waals surface area contributed by atoms with Crippen molar-refractivity contribution in [2.45, 2.75) is 13.3 Å². The molecule has 0 bridgehead atoms. The lowest BCUT2D eigenvalue weighted by atomic mass is 10.3. The summed E-state index contributed by atoms with van der Waals surface area (Å²) in [4.78, 5) is 6.58. The summed E-state index contributed by atoms with van der Waals surface area (Å²) in [6, 6.07) is 1.72. The predicted octanol–water partition coefficient (Wildman–Crippen LogP) is 2.78. The average molecular weight is 322 g/mol. The summed E-state index contributed by atoms with van der Waals surface area (Å²) in [6.07, 6.45) is 0.999. The van der Waals surface area contributed by atoms with E-state index in [1.165, 1.54) is 0 Å². The average Bonchev–Trinajstić information content (AvgIpc) is 2.39. The van der Waals surface area contributed by atoms with E-state index in [1.807, 2.05) is 0 Å². The molecule has 0 aromatic carbocycles. The molecule has 1 saturated heterocycles. The van der Waals surface area contributed by atoms with Crippen molar-refractivity contribution in [1.29, 1.82) is 0 Å². The number of aromatic nitrogens is 1. The van der Waals surface area contributed by atoms with Crippen LogP contribution in [0.2, 0.25) is 10.0 Å². The molecule has 1 aromatic rings. The van der Waals surface area contributed by atoms with Crippen molar-refractivity contribution in [3.05, 3.63) is 16.1 Å². The molecule has 1 aromatic heterocycles. The fourth-order valence-electron chi connectivity index (χ4n) is 1.90. The molecule has 0 saturated carbocycles. The molecule has 2 rings (SSSR count). The number of nitrogens with zero attached hydrogens (tertiary/aromatic N) is 2. The van der Waals surface area contributed by atoms with Crippen LogP contribution in [0.3, 0.4) is 0 Å². The molecule has 1 fully saturated rings. The summed E-state index contributed by atoms with van der Waals surface area (Å²) in [7, 11) is -0.710. The Morgan fingerprint density at radius 2 is 2.05 bits per heavy atom. The summed E-state index contributed by atoms with van der Waals surface area (Å²) in [5.74, 6) is 2.72. The molecule has 19 heavy (non-hydrogen) atoms. The molecule has 2 heterocycles. The molecule has 106 valence electrons. The monoisotopic (exact) mass is 321 g/mol. The standard InChI is InChI=1S/C12H17Cl2N3OS/c1-2-3-15-11-9(13)8-10(14)12(16-11)17-4-6-19(18)7-5-17/h8H,2-7H2,1H3,(H,15,16). The lowest BCUT2D eigenvalue weighted by molar-refractivity contribution is 0.672. The lowest BCUT2D eigenvalue weighted by Crippen LogP contribution is -2.38. The second-order valence-electron chi connectivity index (χ2n) is 4.39. The van der Waals surface area contributed by atoms with Gasteiger partial charge in [-0.05, 0) is 12.5 Å². The van der Waals surface area contributed by atoms with E-state index in [1.54, 1.807) is 6.07 Å². The number of hydrogen-bond acceptors (Lipinski definition) is 4. The summed E-state index contributed by atoms with van der Waals surface area (Å²) in [5.41, 5.74) is 0. The maximum atomic E-state index is 11.4. The van der Waals surface area contributed by atoms with Gasteiger partial charge in [-0.2, -0.15) is 0 Å². The molecule has 0 radical (unpaired) electrons. The first-order chi connectivity index (χ1) is 9.11. The summed E-state index contributed by atoms with van der Waals surface area (Å²) < 4.78 is 11.4. The molecular weight excluding hydrogens is 305 g/mol. The molecule has 0 aliphatic carbocycles. The van der Waals surface area contributed by atoms with Crippen LogP contribution in [0.15, 0.2) is 6.07 Å². The molecule has 7 heteroatoms. The van der Waals surface area contributed by atoms with Gasteiger partial charge in [0.05, 0.1) is 10.0 Å². The number of pyridine rings is 1. The van der Waals surface area contributed by atoms with Crippen molar-refractivity contribution in [3.8, 4) is 0 Å². The van der Waals surface area contributed by atoms with Crippen molar-refractivity contribution < 1.29 is 4.21 Å². The molecule has 0 amide bonds. The number of rotatable bonds is 4. The molecular formula is C12H17Cl2N3OS. The highest BCUT2D eigenvalue weighted by molar-refractivity contribution is 7.85. The Balaban J connectivity index is 2.21.